The Morgan fingerprint density at radius 2 is 1.78 bits per heavy atom. The summed E-state index contributed by atoms with van der Waals surface area (Å²) < 4.78 is 43.8. The van der Waals surface area contributed by atoms with Crippen LogP contribution in [-0.2, 0) is 15.6 Å². The first-order chi connectivity index (χ1) is 17.4. The Morgan fingerprint density at radius 3 is 2.42 bits per heavy atom. The van der Waals surface area contributed by atoms with Crippen LogP contribution in [0.3, 0.4) is 0 Å². The van der Waals surface area contributed by atoms with E-state index in [-0.39, 0.29) is 33.1 Å². The molecule has 11 nitrogen and oxygen atoms in total. The molecule has 1 aliphatic rings. The van der Waals surface area contributed by atoms with Gasteiger partial charge in [0.15, 0.2) is 43.6 Å². The number of methoxy groups -OCH3 is 2. The van der Waals surface area contributed by atoms with Crippen molar-refractivity contribution in [2.45, 2.75) is 30.8 Å². The first-order valence-electron chi connectivity index (χ1n) is 11.2. The minimum atomic E-state index is -3.40. The Kier molecular flexibility index (Phi) is 6.39. The van der Waals surface area contributed by atoms with Crippen molar-refractivity contribution >= 4 is 32.7 Å². The summed E-state index contributed by atoms with van der Waals surface area (Å²) >= 11 is 6.39. The summed E-state index contributed by atoms with van der Waals surface area (Å²) in [4.78, 5) is 22.4. The van der Waals surface area contributed by atoms with Crippen LogP contribution in [0.5, 0.6) is 17.4 Å². The van der Waals surface area contributed by atoms with Crippen LogP contribution in [0, 0.1) is 0 Å². The number of nitrogens with zero attached hydrogens (tertiary/aromatic N) is 6. The number of ether oxygens (including phenoxy) is 3. The molecule has 4 aromatic heterocycles. The van der Waals surface area contributed by atoms with Crippen LogP contribution < -0.4 is 14.2 Å². The van der Waals surface area contributed by atoms with E-state index >= 15 is 0 Å². The number of fused-ring (bicyclic) bond motifs is 1. The molecule has 4 heterocycles. The molecular weight excluding hydrogens is 508 g/mol. The van der Waals surface area contributed by atoms with Crippen molar-refractivity contribution in [1.29, 1.82) is 0 Å². The smallest absolute Gasteiger partial charge is 0.213 e. The van der Waals surface area contributed by atoms with Crippen LogP contribution in [0.1, 0.15) is 25.5 Å². The van der Waals surface area contributed by atoms with Gasteiger partial charge in [0.05, 0.1) is 49.9 Å². The summed E-state index contributed by atoms with van der Waals surface area (Å²) in [5, 5.41) is -0.384. The van der Waals surface area contributed by atoms with Crippen molar-refractivity contribution in [3.63, 3.8) is 0 Å². The average molecular weight is 531 g/mol. The molecule has 0 bridgehead atoms. The fourth-order valence-electron chi connectivity index (χ4n) is 3.82. The fourth-order valence-corrected chi connectivity index (χ4v) is 5.76. The molecule has 188 valence electrons. The van der Waals surface area contributed by atoms with Crippen LogP contribution in [-0.4, -0.2) is 64.0 Å². The van der Waals surface area contributed by atoms with Crippen LogP contribution in [0.25, 0.3) is 28.5 Å². The van der Waals surface area contributed by atoms with Gasteiger partial charge >= 0.3 is 0 Å². The van der Waals surface area contributed by atoms with E-state index in [4.69, 9.17) is 25.8 Å². The van der Waals surface area contributed by atoms with Crippen molar-refractivity contribution in [1.82, 2.24) is 29.5 Å². The molecular formula is C23H23ClN6O5S. The molecule has 0 atom stereocenters. The van der Waals surface area contributed by atoms with E-state index in [0.717, 1.165) is 0 Å². The quantitative estimate of drug-likeness (QED) is 0.317. The van der Waals surface area contributed by atoms with Gasteiger partial charge in [0.2, 0.25) is 5.88 Å². The van der Waals surface area contributed by atoms with Gasteiger partial charge in [0.25, 0.3) is 0 Å². The second-order valence-corrected chi connectivity index (χ2v) is 10.7. The van der Waals surface area contributed by atoms with E-state index in [1.807, 2.05) is 6.92 Å². The summed E-state index contributed by atoms with van der Waals surface area (Å²) in [5.74, 6) is 1.20. The largest absolute Gasteiger partial charge is 0.493 e. The normalized spacial score (nSPS) is 13.7. The highest BCUT2D eigenvalue weighted by atomic mass is 35.5. The maximum absolute atomic E-state index is 12.7. The Morgan fingerprint density at radius 1 is 1.06 bits per heavy atom. The molecule has 4 aromatic rings. The number of hydrogen-bond acceptors (Lipinski definition) is 10. The topological polar surface area (TPSA) is 131 Å². The number of halogens is 1. The molecule has 0 unspecified atom stereocenters. The van der Waals surface area contributed by atoms with E-state index < -0.39 is 9.84 Å². The molecule has 1 fully saturated rings. The van der Waals surface area contributed by atoms with Crippen LogP contribution >= 0.6 is 11.6 Å². The van der Waals surface area contributed by atoms with E-state index in [0.29, 0.717) is 54.0 Å². The summed E-state index contributed by atoms with van der Waals surface area (Å²) in [6, 6.07) is 5.29. The molecule has 0 N–H and O–H groups in total. The van der Waals surface area contributed by atoms with Gasteiger partial charge in [-0.1, -0.05) is 17.7 Å². The molecule has 0 amide bonds. The SMILES string of the molecule is CCOc1cccc(-c2nc3nc(Cl)c(CS(=O)(=O)C4CC4)nc3n2-c2c(OC)cncc2OC)n1. The highest BCUT2D eigenvalue weighted by molar-refractivity contribution is 7.91. The zero-order valence-corrected chi connectivity index (χ0v) is 21.4. The second kappa shape index (κ2) is 9.51. The zero-order chi connectivity index (χ0) is 25.4. The van der Waals surface area contributed by atoms with Gasteiger partial charge in [-0.15, -0.1) is 0 Å². The van der Waals surface area contributed by atoms with E-state index in [2.05, 4.69) is 24.9 Å². The number of pyridine rings is 2. The van der Waals surface area contributed by atoms with Gasteiger partial charge in [0, 0.05) is 6.07 Å². The van der Waals surface area contributed by atoms with Crippen molar-refractivity contribution < 1.29 is 22.6 Å². The molecule has 1 saturated carbocycles. The third-order valence-corrected chi connectivity index (χ3v) is 8.11. The molecule has 36 heavy (non-hydrogen) atoms. The molecule has 5 rings (SSSR count). The molecule has 0 saturated heterocycles. The molecule has 13 heteroatoms. The van der Waals surface area contributed by atoms with Crippen LogP contribution in [0.4, 0.5) is 0 Å². The monoisotopic (exact) mass is 530 g/mol. The summed E-state index contributed by atoms with van der Waals surface area (Å²) in [6.45, 7) is 2.31. The van der Waals surface area contributed by atoms with Gasteiger partial charge < -0.3 is 14.2 Å². The number of imidazole rings is 1. The van der Waals surface area contributed by atoms with Crippen molar-refractivity contribution in [3.05, 3.63) is 41.4 Å². The highest BCUT2D eigenvalue weighted by Crippen LogP contribution is 2.38. The average Bonchev–Trinajstić information content (AvgIpc) is 3.67. The van der Waals surface area contributed by atoms with E-state index in [1.165, 1.54) is 26.6 Å². The Labute approximate surface area is 212 Å². The van der Waals surface area contributed by atoms with Crippen LogP contribution in [0.15, 0.2) is 30.6 Å². The van der Waals surface area contributed by atoms with Crippen molar-refractivity contribution in [2.24, 2.45) is 0 Å². The Balaban J connectivity index is 1.80. The first-order valence-corrected chi connectivity index (χ1v) is 13.3. The maximum atomic E-state index is 12.7. The predicted molar refractivity (Wildman–Crippen MR) is 133 cm³/mol. The summed E-state index contributed by atoms with van der Waals surface area (Å²) in [5.41, 5.74) is 1.52. The standard InChI is InChI=1S/C23H23ClN6O5S/c1-4-35-18-7-5-6-14(26-18)22-29-21-23(30(22)19-16(33-2)10-25-11-17(19)34-3)27-15(20(24)28-21)12-36(31,32)13-8-9-13/h5-7,10-11,13H,4,8-9,12H2,1-3H3. The van der Waals surface area contributed by atoms with Crippen molar-refractivity contribution in [2.75, 3.05) is 20.8 Å². The molecule has 1 aliphatic carbocycles. The lowest BCUT2D eigenvalue weighted by Gasteiger charge is -2.16. The number of sulfone groups is 1. The summed E-state index contributed by atoms with van der Waals surface area (Å²) in [6.07, 6.45) is 4.34. The minimum Gasteiger partial charge on any atom is -0.493 e. The van der Waals surface area contributed by atoms with Gasteiger partial charge in [-0.05, 0) is 25.8 Å². The third kappa shape index (κ3) is 4.42. The first kappa shape index (κ1) is 24.2. The molecule has 0 aliphatic heterocycles. The van der Waals surface area contributed by atoms with E-state index in [1.54, 1.807) is 22.8 Å². The molecule has 0 radical (unpaired) electrons. The lowest BCUT2D eigenvalue weighted by Crippen LogP contribution is -2.12. The number of aromatic nitrogens is 6. The van der Waals surface area contributed by atoms with Crippen LogP contribution in [0.2, 0.25) is 5.15 Å². The highest BCUT2D eigenvalue weighted by Gasteiger charge is 2.37. The number of hydrogen-bond donors (Lipinski definition) is 0. The van der Waals surface area contributed by atoms with E-state index in [9.17, 15) is 8.42 Å². The maximum Gasteiger partial charge on any atom is 0.213 e. The lowest BCUT2D eigenvalue weighted by atomic mass is 10.3. The van der Waals surface area contributed by atoms with Gasteiger partial charge in [-0.3, -0.25) is 9.55 Å². The zero-order valence-electron chi connectivity index (χ0n) is 19.8. The predicted octanol–water partition coefficient (Wildman–Crippen LogP) is 3.42. The second-order valence-electron chi connectivity index (χ2n) is 8.07. The van der Waals surface area contributed by atoms with Gasteiger partial charge in [-0.2, -0.15) is 0 Å². The van der Waals surface area contributed by atoms with Crippen molar-refractivity contribution in [3.8, 4) is 34.6 Å². The van der Waals surface area contributed by atoms with Gasteiger partial charge in [-0.25, -0.2) is 28.4 Å². The summed E-state index contributed by atoms with van der Waals surface area (Å²) in [7, 11) is -0.391. The third-order valence-electron chi connectivity index (χ3n) is 5.65. The molecule has 0 aromatic carbocycles. The molecule has 0 spiro atoms. The Bertz CT molecular complexity index is 1530. The van der Waals surface area contributed by atoms with Gasteiger partial charge in [0.1, 0.15) is 11.4 Å². The fraction of sp³-hybridized carbons (Fsp3) is 0.348. The Hall–Kier alpha value is -3.51. The lowest BCUT2D eigenvalue weighted by molar-refractivity contribution is 0.327. The minimum absolute atomic E-state index is 0.0207. The number of rotatable bonds is 9.